The van der Waals surface area contributed by atoms with Gasteiger partial charge in [0.25, 0.3) is 0 Å². The van der Waals surface area contributed by atoms with Gasteiger partial charge in [-0.2, -0.15) is 0 Å². The van der Waals surface area contributed by atoms with Crippen molar-refractivity contribution in [3.8, 4) is 34.5 Å². The second-order valence-electron chi connectivity index (χ2n) is 40.7. The Morgan fingerprint density at radius 3 is 0.452 bits per heavy atom. The molecule has 6 aromatic carbocycles. The smallest absolute Gasteiger partial charge is 0.417 e. The van der Waals surface area contributed by atoms with Crippen LogP contribution in [0.4, 0.5) is 0 Å². The van der Waals surface area contributed by atoms with Crippen LogP contribution < -0.4 is 27.1 Å². The van der Waals surface area contributed by atoms with Crippen molar-refractivity contribution in [3.63, 3.8) is 0 Å². The lowest BCUT2D eigenvalue weighted by molar-refractivity contribution is 0.141. The predicted molar refractivity (Wildman–Crippen MR) is 497 cm³/mol. The summed E-state index contributed by atoms with van der Waals surface area (Å²) in [5.41, 5.74) is 12.8. The Morgan fingerprint density at radius 1 is 0.200 bits per heavy atom. The number of hydrogen-bond donors (Lipinski definition) is 0. The lowest BCUT2D eigenvalue weighted by Gasteiger charge is -2.33. The first-order valence-electron chi connectivity index (χ1n) is 44.3. The molecule has 0 atom stereocenters. The molecule has 0 fully saturated rings. The summed E-state index contributed by atoms with van der Waals surface area (Å²) in [5, 5.41) is 0. The highest BCUT2D eigenvalue weighted by Crippen LogP contribution is 2.55. The van der Waals surface area contributed by atoms with Crippen molar-refractivity contribution in [1.29, 1.82) is 0 Å². The molecule has 0 spiro atoms. The number of benzene rings is 6. The van der Waals surface area contributed by atoms with Crippen LogP contribution in [0.3, 0.4) is 0 Å². The van der Waals surface area contributed by atoms with Crippen LogP contribution >= 0.6 is 25.8 Å². The largest absolute Gasteiger partial charge is 0.463 e. The summed E-state index contributed by atoms with van der Waals surface area (Å²) in [7, 11) is -6.27. The van der Waals surface area contributed by atoms with E-state index in [0.29, 0.717) is 19.6 Å². The lowest BCUT2D eigenvalue weighted by atomic mass is 9.76. The van der Waals surface area contributed by atoms with Crippen LogP contribution in [0.25, 0.3) is 0 Å². The van der Waals surface area contributed by atoms with Gasteiger partial charge in [0.05, 0.1) is 19.8 Å². The third-order valence-electron chi connectivity index (χ3n) is 28.4. The van der Waals surface area contributed by atoms with Crippen LogP contribution in [-0.2, 0) is 78.6 Å². The summed E-state index contributed by atoms with van der Waals surface area (Å²) in [6.07, 6.45) is 11.4. The normalized spacial score (nSPS) is 13.6. The zero-order chi connectivity index (χ0) is 86.5. The summed E-state index contributed by atoms with van der Waals surface area (Å²) < 4.78 is 66.1. The van der Waals surface area contributed by atoms with Gasteiger partial charge < -0.3 is 27.1 Å². The Kier molecular flexibility index (Phi) is 34.7. The molecule has 115 heavy (non-hydrogen) atoms. The molecular weight excluding hydrogens is 1480 g/mol. The van der Waals surface area contributed by atoms with E-state index in [-0.39, 0.29) is 84.8 Å². The third-order valence-corrected chi connectivity index (χ3v) is 31.7. The van der Waals surface area contributed by atoms with E-state index in [9.17, 15) is 0 Å². The second kappa shape index (κ2) is 40.3. The van der Waals surface area contributed by atoms with E-state index < -0.39 is 25.8 Å². The molecule has 0 bridgehead atoms. The molecule has 0 radical (unpaired) electrons. The maximum Gasteiger partial charge on any atom is 0.463 e. The molecule has 0 aliphatic carbocycles. The molecular formula is C102H162NO9P3. The molecule has 0 saturated carbocycles. The highest BCUT2D eigenvalue weighted by atomic mass is 31.2. The molecule has 0 amide bonds. The van der Waals surface area contributed by atoms with Gasteiger partial charge in [0.1, 0.15) is 34.5 Å². The van der Waals surface area contributed by atoms with Crippen molar-refractivity contribution in [2.24, 2.45) is 0 Å². The van der Waals surface area contributed by atoms with Gasteiger partial charge in [-0.25, -0.2) is 0 Å². The first kappa shape index (κ1) is 99.1. The maximum absolute atomic E-state index is 7.38. The molecule has 6 rings (SSSR count). The Balaban J connectivity index is 1.57. The first-order valence-corrected chi connectivity index (χ1v) is 47.6. The SMILES string of the molecule is CCC(C)(C)c1ccc(OP(OCCN(CCOP(Oc2ccc(C(C)(C)CC)cc2C(C)(C)CC)Oc2ccc(C(C)(C)CC)cc2C(C)(C)CC)CCOP(Oc2ccc(C(C)(C)CC)cc2C(C)(C)CC)Oc2ccc(C(C)(C)CC)cc2C(C)(C)CC)Oc2ccc(C(C)(C)CC)cc2C(C)(C)CC)c(C(C)(C)CC)c1. The van der Waals surface area contributed by atoms with Crippen molar-refractivity contribution in [1.82, 2.24) is 4.90 Å². The first-order chi connectivity index (χ1) is 53.3. The van der Waals surface area contributed by atoms with Crippen molar-refractivity contribution in [2.75, 3.05) is 39.5 Å². The highest BCUT2D eigenvalue weighted by molar-refractivity contribution is 7.43. The molecule has 0 saturated heterocycles. The maximum atomic E-state index is 7.38. The van der Waals surface area contributed by atoms with Crippen LogP contribution in [0.1, 0.15) is 393 Å². The van der Waals surface area contributed by atoms with Gasteiger partial charge in [0.15, 0.2) is 0 Å². The van der Waals surface area contributed by atoms with Gasteiger partial charge in [-0.15, -0.1) is 0 Å². The van der Waals surface area contributed by atoms with E-state index in [1.807, 2.05) is 0 Å². The summed E-state index contributed by atoms with van der Waals surface area (Å²) in [4.78, 5) is 2.36. The molecule has 6 aromatic rings. The van der Waals surface area contributed by atoms with Gasteiger partial charge in [-0.3, -0.25) is 18.5 Å². The monoisotopic (exact) mass is 1640 g/mol. The molecule has 0 aromatic heterocycles. The molecule has 0 aliphatic heterocycles. The minimum Gasteiger partial charge on any atom is -0.417 e. The molecule has 0 aliphatic rings. The summed E-state index contributed by atoms with van der Waals surface area (Å²) in [6.45, 7) is 85.0. The van der Waals surface area contributed by atoms with E-state index in [0.717, 1.165) is 145 Å². The summed E-state index contributed by atoms with van der Waals surface area (Å²) >= 11 is 0. The fraction of sp³-hybridized carbons (Fsp3) is 0.647. The van der Waals surface area contributed by atoms with Crippen LogP contribution in [0.5, 0.6) is 34.5 Å². The van der Waals surface area contributed by atoms with Gasteiger partial charge in [-0.05, 0) is 212 Å². The van der Waals surface area contributed by atoms with Crippen LogP contribution in [0.2, 0.25) is 0 Å². The van der Waals surface area contributed by atoms with E-state index in [2.05, 4.69) is 363 Å². The van der Waals surface area contributed by atoms with E-state index >= 15 is 0 Å². The van der Waals surface area contributed by atoms with Crippen molar-refractivity contribution >= 4 is 25.8 Å². The molecule has 10 nitrogen and oxygen atoms in total. The second-order valence-corrected chi connectivity index (χ2v) is 43.9. The zero-order valence-corrected chi connectivity index (χ0v) is 82.3. The Bertz CT molecular complexity index is 3420. The Hall–Kier alpha value is -4.75. The molecule has 644 valence electrons. The van der Waals surface area contributed by atoms with Crippen molar-refractivity contribution in [2.45, 2.75) is 391 Å². The number of hydrogen-bond acceptors (Lipinski definition) is 10. The van der Waals surface area contributed by atoms with Crippen LogP contribution in [-0.4, -0.2) is 44.4 Å². The fourth-order valence-electron chi connectivity index (χ4n) is 13.5. The van der Waals surface area contributed by atoms with Gasteiger partial charge in [0, 0.05) is 53.0 Å². The average Bonchev–Trinajstić information content (AvgIpc) is 0.795. The number of nitrogens with zero attached hydrogens (tertiary/aromatic N) is 1. The standard InChI is InChI=1S/C102H162NO9P3/c1-37-91(13,14)73-49-55-85(79(67-73)97(25,26)43-7)107-113(108-86-56-50-74(92(15,16)38-2)68-80(86)98(27,28)44-8)104-64-61-103(62-65-105-114(109-87-57-51-75(93(17,18)39-3)69-81(87)99(29,30)45-9)110-88-58-52-76(94(19,20)40-4)70-82(88)100(31,32)46-10)63-66-106-115(111-89-59-53-77(95(21,22)41-5)71-83(89)101(33,34)47-11)112-90-60-54-78(96(23,24)42-6)72-84(90)102(35,36)48-12/h49-60,67-72H,37-48,61-66H2,1-36H3. The van der Waals surface area contributed by atoms with E-state index in [4.69, 9.17) is 40.7 Å². The van der Waals surface area contributed by atoms with Gasteiger partial charge >= 0.3 is 25.8 Å². The minimum atomic E-state index is -2.09. The zero-order valence-electron chi connectivity index (χ0n) is 79.6. The summed E-state index contributed by atoms with van der Waals surface area (Å²) in [6, 6.07) is 40.6. The lowest BCUT2D eigenvalue weighted by Crippen LogP contribution is -2.34. The molecule has 0 N–H and O–H groups in total. The minimum absolute atomic E-state index is 0.0455. The average molecular weight is 1640 g/mol. The Labute approximate surface area is 708 Å². The molecule has 0 heterocycles. The third kappa shape index (κ3) is 25.2. The highest BCUT2D eigenvalue weighted by Gasteiger charge is 2.38. The number of rotatable bonds is 48. The fourth-order valence-corrected chi connectivity index (χ4v) is 16.5. The van der Waals surface area contributed by atoms with Crippen LogP contribution in [0.15, 0.2) is 109 Å². The quantitative estimate of drug-likeness (QED) is 0.0344. The van der Waals surface area contributed by atoms with Crippen molar-refractivity contribution < 1.29 is 40.7 Å². The molecule has 0 unspecified atom stereocenters. The summed E-state index contributed by atoms with van der Waals surface area (Å²) in [5.74, 6) is 4.59. The predicted octanol–water partition coefficient (Wildman–Crippen LogP) is 31.7. The van der Waals surface area contributed by atoms with Gasteiger partial charge in [-0.1, -0.05) is 322 Å². The van der Waals surface area contributed by atoms with E-state index in [1.165, 1.54) is 33.4 Å². The topological polar surface area (TPSA) is 86.3 Å². The van der Waals surface area contributed by atoms with Crippen LogP contribution in [0, 0.1) is 0 Å². The van der Waals surface area contributed by atoms with Crippen molar-refractivity contribution in [3.05, 3.63) is 176 Å². The van der Waals surface area contributed by atoms with E-state index in [1.54, 1.807) is 0 Å². The Morgan fingerprint density at radius 2 is 0.330 bits per heavy atom. The van der Waals surface area contributed by atoms with Gasteiger partial charge in [0.2, 0.25) is 0 Å². The molecule has 13 heteroatoms.